The summed E-state index contributed by atoms with van der Waals surface area (Å²) in [6, 6.07) is 8.43. The van der Waals surface area contributed by atoms with E-state index in [4.69, 9.17) is 4.98 Å². The molecule has 0 spiro atoms. The Hall–Kier alpha value is -3.24. The maximum absolute atomic E-state index is 13.1. The summed E-state index contributed by atoms with van der Waals surface area (Å²) in [4.78, 5) is 19.4. The number of halogens is 6. The van der Waals surface area contributed by atoms with Gasteiger partial charge in [-0.2, -0.15) is 26.3 Å². The van der Waals surface area contributed by atoms with Crippen molar-refractivity contribution in [1.82, 2.24) is 14.9 Å². The maximum atomic E-state index is 13.1. The van der Waals surface area contributed by atoms with Crippen molar-refractivity contribution in [1.29, 1.82) is 0 Å². The molecule has 5 nitrogen and oxygen atoms in total. The highest BCUT2D eigenvalue weighted by Gasteiger charge is 2.37. The van der Waals surface area contributed by atoms with Crippen LogP contribution in [0.2, 0.25) is 0 Å². The SMILES string of the molecule is CC(C)n1c(N2CCC(NC(=O)c3cc(C(F)(F)F)cc(C(F)(F)F)c3)CC2)nc2ccccc21. The number of fused-ring (bicyclic) bond motifs is 1. The van der Waals surface area contributed by atoms with E-state index in [1.807, 2.05) is 24.3 Å². The lowest BCUT2D eigenvalue weighted by atomic mass is 10.0. The number of rotatable bonds is 4. The van der Waals surface area contributed by atoms with Gasteiger partial charge < -0.3 is 14.8 Å². The van der Waals surface area contributed by atoms with Crippen LogP contribution in [0, 0.1) is 0 Å². The van der Waals surface area contributed by atoms with E-state index in [2.05, 4.69) is 28.6 Å². The predicted octanol–water partition coefficient (Wildman–Crippen LogP) is 6.05. The third-order valence-electron chi connectivity index (χ3n) is 6.06. The van der Waals surface area contributed by atoms with Crippen LogP contribution in [0.25, 0.3) is 11.0 Å². The van der Waals surface area contributed by atoms with E-state index in [0.717, 1.165) is 17.0 Å². The maximum Gasteiger partial charge on any atom is 0.416 e. The molecule has 3 aromatic rings. The average Bonchev–Trinajstić information content (AvgIpc) is 3.18. The van der Waals surface area contributed by atoms with E-state index in [-0.39, 0.29) is 18.2 Å². The van der Waals surface area contributed by atoms with Crippen LogP contribution >= 0.6 is 0 Å². The highest BCUT2D eigenvalue weighted by atomic mass is 19.4. The molecule has 11 heteroatoms. The van der Waals surface area contributed by atoms with Crippen molar-refractivity contribution in [2.45, 2.75) is 51.1 Å². The van der Waals surface area contributed by atoms with Crippen LogP contribution in [-0.2, 0) is 12.4 Å². The molecule has 2 heterocycles. The standard InChI is InChI=1S/C24H24F6N4O/c1-14(2)34-20-6-4-3-5-19(20)32-22(34)33-9-7-18(8-10-33)31-21(35)15-11-16(23(25,26)27)13-17(12-15)24(28,29)30/h3-6,11-14,18H,7-10H2,1-2H3,(H,31,35). The molecule has 1 aromatic heterocycles. The molecule has 1 saturated heterocycles. The molecule has 0 aliphatic carbocycles. The molecule has 0 unspecified atom stereocenters. The van der Waals surface area contributed by atoms with Crippen LogP contribution in [0.15, 0.2) is 42.5 Å². The number of alkyl halides is 6. The van der Waals surface area contributed by atoms with Gasteiger partial charge in [-0.05, 0) is 57.0 Å². The first-order valence-corrected chi connectivity index (χ1v) is 11.2. The van der Waals surface area contributed by atoms with Crippen molar-refractivity contribution in [3.8, 4) is 0 Å². The molecule has 1 fully saturated rings. The Bertz CT molecular complexity index is 1190. The lowest BCUT2D eigenvalue weighted by Crippen LogP contribution is -2.45. The minimum atomic E-state index is -5.01. The van der Waals surface area contributed by atoms with Gasteiger partial charge >= 0.3 is 12.4 Å². The molecule has 0 bridgehead atoms. The summed E-state index contributed by atoms with van der Waals surface area (Å²) in [5.41, 5.74) is -1.84. The molecule has 2 aromatic carbocycles. The molecule has 1 aliphatic heterocycles. The summed E-state index contributed by atoms with van der Waals surface area (Å²) in [6.07, 6.45) is -9.08. The predicted molar refractivity (Wildman–Crippen MR) is 119 cm³/mol. The first-order chi connectivity index (χ1) is 16.3. The zero-order valence-electron chi connectivity index (χ0n) is 19.0. The fraction of sp³-hybridized carbons (Fsp3) is 0.417. The van der Waals surface area contributed by atoms with Gasteiger partial charge in [0.2, 0.25) is 5.95 Å². The fourth-order valence-corrected chi connectivity index (χ4v) is 4.34. The number of nitrogens with zero attached hydrogens (tertiary/aromatic N) is 3. The molecule has 35 heavy (non-hydrogen) atoms. The Balaban J connectivity index is 1.49. The Morgan fingerprint density at radius 2 is 1.54 bits per heavy atom. The smallest absolute Gasteiger partial charge is 0.349 e. The number of amides is 1. The van der Waals surface area contributed by atoms with Crippen molar-refractivity contribution in [3.63, 3.8) is 0 Å². The topological polar surface area (TPSA) is 50.2 Å². The number of anilines is 1. The number of hydrogen-bond donors (Lipinski definition) is 1. The normalized spacial score (nSPS) is 15.7. The molecule has 4 rings (SSSR count). The molecular weight excluding hydrogens is 474 g/mol. The van der Waals surface area contributed by atoms with Crippen molar-refractivity contribution >= 4 is 22.9 Å². The molecule has 0 atom stereocenters. The molecule has 1 N–H and O–H groups in total. The summed E-state index contributed by atoms with van der Waals surface area (Å²) in [6.45, 7) is 5.15. The van der Waals surface area contributed by atoms with E-state index in [0.29, 0.717) is 38.1 Å². The van der Waals surface area contributed by atoms with E-state index in [1.165, 1.54) is 0 Å². The summed E-state index contributed by atoms with van der Waals surface area (Å²) in [5.74, 6) is -0.173. The van der Waals surface area contributed by atoms with Gasteiger partial charge in [-0.3, -0.25) is 4.79 Å². The zero-order chi connectivity index (χ0) is 25.5. The number of piperidine rings is 1. The quantitative estimate of drug-likeness (QED) is 0.446. The summed E-state index contributed by atoms with van der Waals surface area (Å²) in [5, 5.41) is 2.60. The van der Waals surface area contributed by atoms with Gasteiger partial charge in [0.15, 0.2) is 0 Å². The van der Waals surface area contributed by atoms with Crippen molar-refractivity contribution in [2.75, 3.05) is 18.0 Å². The van der Waals surface area contributed by atoms with E-state index < -0.39 is 35.0 Å². The van der Waals surface area contributed by atoms with E-state index in [9.17, 15) is 31.1 Å². The van der Waals surface area contributed by atoms with Crippen LogP contribution < -0.4 is 10.2 Å². The Morgan fingerprint density at radius 1 is 0.971 bits per heavy atom. The largest absolute Gasteiger partial charge is 0.416 e. The Kier molecular flexibility index (Phi) is 6.46. The number of aromatic nitrogens is 2. The number of carbonyl (C=O) groups excluding carboxylic acids is 1. The monoisotopic (exact) mass is 498 g/mol. The highest BCUT2D eigenvalue weighted by molar-refractivity contribution is 5.95. The lowest BCUT2D eigenvalue weighted by Gasteiger charge is -2.34. The number of para-hydroxylation sites is 2. The second-order valence-electron chi connectivity index (χ2n) is 8.89. The van der Waals surface area contributed by atoms with Crippen LogP contribution in [0.5, 0.6) is 0 Å². The highest BCUT2D eigenvalue weighted by Crippen LogP contribution is 2.36. The second kappa shape index (κ2) is 9.09. The zero-order valence-corrected chi connectivity index (χ0v) is 19.0. The first-order valence-electron chi connectivity index (χ1n) is 11.2. The number of benzene rings is 2. The van der Waals surface area contributed by atoms with Crippen LogP contribution in [0.4, 0.5) is 32.3 Å². The van der Waals surface area contributed by atoms with Crippen molar-refractivity contribution in [2.24, 2.45) is 0 Å². The summed E-state index contributed by atoms with van der Waals surface area (Å²) in [7, 11) is 0. The molecule has 1 aliphatic rings. The second-order valence-corrected chi connectivity index (χ2v) is 8.89. The van der Waals surface area contributed by atoms with Crippen molar-refractivity contribution < 1.29 is 31.1 Å². The number of hydrogen-bond acceptors (Lipinski definition) is 3. The van der Waals surface area contributed by atoms with E-state index in [1.54, 1.807) is 0 Å². The van der Waals surface area contributed by atoms with Gasteiger partial charge in [0.05, 0.1) is 22.2 Å². The number of imidazole rings is 1. The van der Waals surface area contributed by atoms with Crippen molar-refractivity contribution in [3.05, 3.63) is 59.2 Å². The molecule has 1 amide bonds. The molecule has 0 radical (unpaired) electrons. The van der Waals surface area contributed by atoms with Gasteiger partial charge in [-0.15, -0.1) is 0 Å². The van der Waals surface area contributed by atoms with Crippen LogP contribution in [0.3, 0.4) is 0 Å². The van der Waals surface area contributed by atoms with Gasteiger partial charge in [0.25, 0.3) is 5.91 Å². The third kappa shape index (κ3) is 5.23. The molecule has 0 saturated carbocycles. The van der Waals surface area contributed by atoms with Gasteiger partial charge in [-0.1, -0.05) is 12.1 Å². The Labute approximate surface area is 197 Å². The van der Waals surface area contributed by atoms with Crippen LogP contribution in [0.1, 0.15) is 54.2 Å². The third-order valence-corrected chi connectivity index (χ3v) is 6.06. The van der Waals surface area contributed by atoms with Gasteiger partial charge in [0.1, 0.15) is 0 Å². The minimum absolute atomic E-state index is 0.01000. The summed E-state index contributed by atoms with van der Waals surface area (Å²) >= 11 is 0. The van der Waals surface area contributed by atoms with Gasteiger partial charge in [0, 0.05) is 30.7 Å². The average molecular weight is 498 g/mol. The summed E-state index contributed by atoms with van der Waals surface area (Å²) < 4.78 is 80.8. The van der Waals surface area contributed by atoms with Crippen LogP contribution in [-0.4, -0.2) is 34.6 Å². The van der Waals surface area contributed by atoms with E-state index >= 15 is 0 Å². The minimum Gasteiger partial charge on any atom is -0.349 e. The molecule has 188 valence electrons. The molecular formula is C24H24F6N4O. The van der Waals surface area contributed by atoms with Gasteiger partial charge in [-0.25, -0.2) is 4.98 Å². The lowest BCUT2D eigenvalue weighted by molar-refractivity contribution is -0.143. The number of nitrogens with one attached hydrogen (secondary N) is 1. The Morgan fingerprint density at radius 3 is 2.09 bits per heavy atom. The first kappa shape index (κ1) is 24.9. The fourth-order valence-electron chi connectivity index (χ4n) is 4.34. The number of carbonyl (C=O) groups is 1.